The number of para-hydroxylation sites is 1. The summed E-state index contributed by atoms with van der Waals surface area (Å²) in [7, 11) is 0. The van der Waals surface area contributed by atoms with Gasteiger partial charge < -0.3 is 4.57 Å². The first kappa shape index (κ1) is 16.6. The maximum Gasteiger partial charge on any atom is 0.195 e. The van der Waals surface area contributed by atoms with Crippen LogP contribution >= 0.6 is 0 Å². The van der Waals surface area contributed by atoms with Gasteiger partial charge in [-0.3, -0.25) is 4.79 Å². The number of hydrogen-bond donors (Lipinski definition) is 0. The maximum atomic E-state index is 13.5. The molecule has 0 N–H and O–H groups in total. The molecule has 0 spiro atoms. The van der Waals surface area contributed by atoms with E-state index >= 15 is 0 Å². The zero-order valence-corrected chi connectivity index (χ0v) is 15.4. The van der Waals surface area contributed by atoms with Crippen molar-refractivity contribution in [3.63, 3.8) is 0 Å². The van der Waals surface area contributed by atoms with Crippen LogP contribution in [0.4, 0.5) is 0 Å². The molecular weight excluding hydrogens is 318 g/mol. The van der Waals surface area contributed by atoms with Crippen molar-refractivity contribution in [2.75, 3.05) is 0 Å². The van der Waals surface area contributed by atoms with Crippen LogP contribution in [-0.4, -0.2) is 10.4 Å². The van der Waals surface area contributed by atoms with Gasteiger partial charge in [-0.25, -0.2) is 0 Å². The lowest BCUT2D eigenvalue weighted by molar-refractivity contribution is 0.104. The van der Waals surface area contributed by atoms with Crippen molar-refractivity contribution in [1.29, 1.82) is 0 Å². The third-order valence-electron chi connectivity index (χ3n) is 5.42. The fourth-order valence-corrected chi connectivity index (χ4v) is 3.61. The molecule has 4 rings (SSSR count). The number of carbonyl (C=O) groups is 1. The van der Waals surface area contributed by atoms with Crippen LogP contribution in [-0.2, 0) is 0 Å². The van der Waals surface area contributed by atoms with Crippen molar-refractivity contribution in [1.82, 2.24) is 4.57 Å². The van der Waals surface area contributed by atoms with E-state index in [4.69, 9.17) is 0 Å². The number of rotatable bonds is 4. The van der Waals surface area contributed by atoms with Gasteiger partial charge in [-0.1, -0.05) is 74.5 Å². The van der Waals surface area contributed by atoms with Crippen molar-refractivity contribution >= 4 is 27.5 Å². The SMILES string of the molecule is CC(C)[C@H](C)n1cc(C(=O)c2cccc3ccccc23)c2ccccc21. The summed E-state index contributed by atoms with van der Waals surface area (Å²) in [4.78, 5) is 13.5. The van der Waals surface area contributed by atoms with Gasteiger partial charge in [0.1, 0.15) is 0 Å². The molecule has 0 bridgehead atoms. The van der Waals surface area contributed by atoms with Crippen molar-refractivity contribution < 1.29 is 4.79 Å². The molecule has 2 heteroatoms. The number of nitrogens with zero attached hydrogens (tertiary/aromatic N) is 1. The van der Waals surface area contributed by atoms with Gasteiger partial charge in [0.05, 0.1) is 0 Å². The Bertz CT molecular complexity index is 1100. The molecule has 1 aromatic heterocycles. The number of benzene rings is 3. The summed E-state index contributed by atoms with van der Waals surface area (Å²) >= 11 is 0. The lowest BCUT2D eigenvalue weighted by atomic mass is 9.97. The highest BCUT2D eigenvalue weighted by Gasteiger charge is 2.21. The highest BCUT2D eigenvalue weighted by molar-refractivity contribution is 6.21. The molecule has 1 atom stereocenters. The van der Waals surface area contributed by atoms with Crippen LogP contribution in [0, 0.1) is 5.92 Å². The summed E-state index contributed by atoms with van der Waals surface area (Å²) in [6.07, 6.45) is 2.04. The zero-order chi connectivity index (χ0) is 18.3. The molecule has 0 radical (unpaired) electrons. The summed E-state index contributed by atoms with van der Waals surface area (Å²) in [6.45, 7) is 6.64. The fourth-order valence-electron chi connectivity index (χ4n) is 3.61. The van der Waals surface area contributed by atoms with Crippen LogP contribution in [0.3, 0.4) is 0 Å². The molecule has 0 saturated carbocycles. The van der Waals surface area contributed by atoms with Gasteiger partial charge in [0.25, 0.3) is 0 Å². The molecule has 0 aliphatic rings. The minimum atomic E-state index is 0.0905. The van der Waals surface area contributed by atoms with Gasteiger partial charge in [-0.05, 0) is 29.7 Å². The Balaban J connectivity index is 1.93. The minimum absolute atomic E-state index is 0.0905. The summed E-state index contributed by atoms with van der Waals surface area (Å²) in [6, 6.07) is 22.6. The van der Waals surface area contributed by atoms with Crippen LogP contribution < -0.4 is 0 Å². The first-order valence-corrected chi connectivity index (χ1v) is 9.20. The molecule has 130 valence electrons. The van der Waals surface area contributed by atoms with E-state index in [-0.39, 0.29) is 5.78 Å². The molecule has 0 fully saturated rings. The van der Waals surface area contributed by atoms with Gasteiger partial charge in [-0.15, -0.1) is 0 Å². The molecule has 26 heavy (non-hydrogen) atoms. The third-order valence-corrected chi connectivity index (χ3v) is 5.42. The second-order valence-electron chi connectivity index (χ2n) is 7.31. The number of carbonyl (C=O) groups excluding carboxylic acids is 1. The van der Waals surface area contributed by atoms with Crippen molar-refractivity contribution in [2.45, 2.75) is 26.8 Å². The lowest BCUT2D eigenvalue weighted by Gasteiger charge is -2.18. The highest BCUT2D eigenvalue weighted by atomic mass is 16.1. The first-order valence-electron chi connectivity index (χ1n) is 9.20. The zero-order valence-electron chi connectivity index (χ0n) is 15.4. The van der Waals surface area contributed by atoms with E-state index < -0.39 is 0 Å². The highest BCUT2D eigenvalue weighted by Crippen LogP contribution is 2.30. The van der Waals surface area contributed by atoms with Gasteiger partial charge in [0.15, 0.2) is 5.78 Å². The Morgan fingerprint density at radius 2 is 1.42 bits per heavy atom. The number of ketones is 1. The Labute approximate surface area is 154 Å². The Kier molecular flexibility index (Phi) is 4.12. The van der Waals surface area contributed by atoms with E-state index in [0.29, 0.717) is 12.0 Å². The molecule has 0 aliphatic carbocycles. The average Bonchev–Trinajstić information content (AvgIpc) is 3.06. The summed E-state index contributed by atoms with van der Waals surface area (Å²) in [5, 5.41) is 3.13. The molecular formula is C24H23NO. The predicted molar refractivity (Wildman–Crippen MR) is 109 cm³/mol. The number of hydrogen-bond acceptors (Lipinski definition) is 1. The lowest BCUT2D eigenvalue weighted by Crippen LogP contribution is -2.10. The molecule has 1 heterocycles. The maximum absolute atomic E-state index is 13.5. The summed E-state index contributed by atoms with van der Waals surface area (Å²) in [5.74, 6) is 0.582. The predicted octanol–water partition coefficient (Wildman–Crippen LogP) is 6.24. The minimum Gasteiger partial charge on any atom is -0.344 e. The molecule has 4 aromatic rings. The van der Waals surface area contributed by atoms with Crippen molar-refractivity contribution in [3.8, 4) is 0 Å². The molecule has 0 amide bonds. The molecule has 0 saturated heterocycles. The van der Waals surface area contributed by atoms with E-state index in [1.807, 2.05) is 48.7 Å². The topological polar surface area (TPSA) is 22.0 Å². The first-order chi connectivity index (χ1) is 12.6. The van der Waals surface area contributed by atoms with E-state index in [1.165, 1.54) is 0 Å². The van der Waals surface area contributed by atoms with Crippen LogP contribution in [0.5, 0.6) is 0 Å². The van der Waals surface area contributed by atoms with Crippen LogP contribution in [0.2, 0.25) is 0 Å². The second kappa shape index (κ2) is 6.45. The number of fused-ring (bicyclic) bond motifs is 2. The van der Waals surface area contributed by atoms with E-state index in [0.717, 1.165) is 32.8 Å². The molecule has 0 unspecified atom stereocenters. The van der Waals surface area contributed by atoms with Crippen molar-refractivity contribution in [2.24, 2.45) is 5.92 Å². The van der Waals surface area contributed by atoms with Gasteiger partial charge >= 0.3 is 0 Å². The van der Waals surface area contributed by atoms with Crippen LogP contribution in [0.25, 0.3) is 21.7 Å². The summed E-state index contributed by atoms with van der Waals surface area (Å²) in [5.41, 5.74) is 2.67. The van der Waals surface area contributed by atoms with Gasteiger partial charge in [0, 0.05) is 34.3 Å². The smallest absolute Gasteiger partial charge is 0.195 e. The van der Waals surface area contributed by atoms with E-state index in [9.17, 15) is 4.79 Å². The molecule has 0 aliphatic heterocycles. The average molecular weight is 341 g/mol. The van der Waals surface area contributed by atoms with Crippen molar-refractivity contribution in [3.05, 3.63) is 84.1 Å². The fraction of sp³-hybridized carbons (Fsp3) is 0.208. The Hall–Kier alpha value is -2.87. The van der Waals surface area contributed by atoms with Gasteiger partial charge in [-0.2, -0.15) is 0 Å². The normalized spacial score (nSPS) is 12.8. The van der Waals surface area contributed by atoms with E-state index in [1.54, 1.807) is 0 Å². The quantitative estimate of drug-likeness (QED) is 0.403. The largest absolute Gasteiger partial charge is 0.344 e. The van der Waals surface area contributed by atoms with Crippen LogP contribution in [0.15, 0.2) is 72.9 Å². The standard InChI is InChI=1S/C24H23NO/c1-16(2)17(3)25-15-22(20-12-6-7-14-23(20)25)24(26)21-13-8-10-18-9-4-5-11-19(18)21/h4-17H,1-3H3/t17-/m0/s1. The third kappa shape index (κ3) is 2.62. The monoisotopic (exact) mass is 341 g/mol. The van der Waals surface area contributed by atoms with E-state index in [2.05, 4.69) is 49.6 Å². The molecule has 2 nitrogen and oxygen atoms in total. The summed E-state index contributed by atoms with van der Waals surface area (Å²) < 4.78 is 2.25. The Morgan fingerprint density at radius 3 is 2.19 bits per heavy atom. The van der Waals surface area contributed by atoms with Crippen LogP contribution in [0.1, 0.15) is 42.7 Å². The van der Waals surface area contributed by atoms with Gasteiger partial charge in [0.2, 0.25) is 0 Å². The Morgan fingerprint density at radius 1 is 0.769 bits per heavy atom. The second-order valence-corrected chi connectivity index (χ2v) is 7.31. The number of aromatic nitrogens is 1. The molecule has 3 aromatic carbocycles.